The first kappa shape index (κ1) is 27.2. The van der Waals surface area contributed by atoms with Gasteiger partial charge in [-0.05, 0) is 54.9 Å². The Hall–Kier alpha value is -3.80. The Balaban J connectivity index is 1.84. The smallest absolute Gasteiger partial charge is 0.429 e. The van der Waals surface area contributed by atoms with Crippen LogP contribution >= 0.6 is 0 Å². The molecule has 1 saturated carbocycles. The number of rotatable bonds is 7. The Labute approximate surface area is 226 Å². The average molecular weight is 515 g/mol. The zero-order valence-electron chi connectivity index (χ0n) is 22.3. The molecule has 2 aromatic rings. The molecular formula is C32H38N2O4. The number of benzene rings is 2. The maximum Gasteiger partial charge on any atom is 0.429 e. The number of ether oxygens (including phenoxy) is 2. The topological polar surface area (TPSA) is 67.9 Å². The molecule has 4 rings (SSSR count). The molecule has 0 spiro atoms. The second-order valence-electron chi connectivity index (χ2n) is 9.63. The summed E-state index contributed by atoms with van der Waals surface area (Å²) in [6, 6.07) is 19.8. The molecule has 0 radical (unpaired) electrons. The Morgan fingerprint density at radius 2 is 1.47 bits per heavy atom. The molecule has 0 heterocycles. The van der Waals surface area contributed by atoms with Gasteiger partial charge in [0.2, 0.25) is 0 Å². The second kappa shape index (κ2) is 13.7. The van der Waals surface area contributed by atoms with Crippen LogP contribution in [0, 0.1) is 11.8 Å². The number of nitrogens with one attached hydrogen (secondary N) is 1. The van der Waals surface area contributed by atoms with Crippen molar-refractivity contribution in [1.82, 2.24) is 10.4 Å². The molecule has 2 aliphatic rings. The van der Waals surface area contributed by atoms with Crippen LogP contribution in [0.2, 0.25) is 0 Å². The van der Waals surface area contributed by atoms with Gasteiger partial charge in [0.25, 0.3) is 0 Å². The van der Waals surface area contributed by atoms with Crippen molar-refractivity contribution < 1.29 is 19.1 Å². The van der Waals surface area contributed by atoms with Crippen molar-refractivity contribution >= 4 is 17.8 Å². The van der Waals surface area contributed by atoms with Gasteiger partial charge in [0.1, 0.15) is 0 Å². The number of hydrogen-bond donors (Lipinski definition) is 1. The van der Waals surface area contributed by atoms with E-state index in [0.29, 0.717) is 5.92 Å². The van der Waals surface area contributed by atoms with E-state index in [1.807, 2.05) is 36.4 Å². The Morgan fingerprint density at radius 1 is 0.868 bits per heavy atom. The fraction of sp³-hybridized carbons (Fsp3) is 0.375. The van der Waals surface area contributed by atoms with Crippen LogP contribution in [-0.2, 0) is 9.47 Å². The van der Waals surface area contributed by atoms with Crippen LogP contribution in [0.3, 0.4) is 0 Å². The van der Waals surface area contributed by atoms with Crippen molar-refractivity contribution in [2.45, 2.75) is 52.0 Å². The predicted octanol–water partition coefficient (Wildman–Crippen LogP) is 7.30. The molecule has 2 amide bonds. The Bertz CT molecular complexity index is 1110. The summed E-state index contributed by atoms with van der Waals surface area (Å²) < 4.78 is 10.6. The number of hydrazine groups is 1. The van der Waals surface area contributed by atoms with Gasteiger partial charge in [-0.2, -0.15) is 0 Å². The molecule has 1 fully saturated rings. The van der Waals surface area contributed by atoms with Crippen molar-refractivity contribution in [3.63, 3.8) is 0 Å². The molecule has 200 valence electrons. The summed E-state index contributed by atoms with van der Waals surface area (Å²) in [5.74, 6) is 0.378. The third-order valence-corrected chi connectivity index (χ3v) is 7.08. The van der Waals surface area contributed by atoms with Crippen molar-refractivity contribution in [2.24, 2.45) is 11.8 Å². The number of carbonyl (C=O) groups is 2. The number of carbonyl (C=O) groups excluding carboxylic acids is 2. The zero-order chi connectivity index (χ0) is 26.7. The van der Waals surface area contributed by atoms with Gasteiger partial charge in [0, 0.05) is 5.92 Å². The molecule has 2 aromatic carbocycles. The molecule has 2 aliphatic carbocycles. The van der Waals surface area contributed by atoms with Crippen LogP contribution in [0.5, 0.6) is 0 Å². The van der Waals surface area contributed by atoms with Gasteiger partial charge in [-0.1, -0.05) is 104 Å². The van der Waals surface area contributed by atoms with E-state index in [-0.39, 0.29) is 19.1 Å². The maximum atomic E-state index is 13.3. The molecule has 0 saturated heterocycles. The van der Waals surface area contributed by atoms with Gasteiger partial charge in [-0.25, -0.2) is 20.0 Å². The van der Waals surface area contributed by atoms with Crippen LogP contribution in [0.25, 0.3) is 5.57 Å². The van der Waals surface area contributed by atoms with E-state index in [0.717, 1.165) is 22.3 Å². The molecule has 1 N–H and O–H groups in total. The highest BCUT2D eigenvalue weighted by Crippen LogP contribution is 2.38. The first-order chi connectivity index (χ1) is 18.6. The van der Waals surface area contributed by atoms with E-state index in [4.69, 9.17) is 9.47 Å². The van der Waals surface area contributed by atoms with Crippen LogP contribution in [0.15, 0.2) is 90.5 Å². The van der Waals surface area contributed by atoms with Crippen LogP contribution in [-0.4, -0.2) is 36.5 Å². The zero-order valence-corrected chi connectivity index (χ0v) is 22.3. The van der Waals surface area contributed by atoms with Gasteiger partial charge in [-0.3, -0.25) is 0 Å². The molecule has 0 unspecified atom stereocenters. The van der Waals surface area contributed by atoms with Crippen molar-refractivity contribution in [3.8, 4) is 0 Å². The molecular weight excluding hydrogens is 476 g/mol. The third kappa shape index (κ3) is 6.74. The fourth-order valence-corrected chi connectivity index (χ4v) is 5.34. The SMILES string of the molecule is CCOC(=O)NN(C(=O)OCC)[C@H]1C(=C(c2ccccc2)c2ccccc2)C=C[C@@H]1/C=C/C1CCCCC1. The van der Waals surface area contributed by atoms with E-state index in [2.05, 4.69) is 54.0 Å². The summed E-state index contributed by atoms with van der Waals surface area (Å²) in [4.78, 5) is 25.9. The summed E-state index contributed by atoms with van der Waals surface area (Å²) >= 11 is 0. The molecule has 38 heavy (non-hydrogen) atoms. The normalized spacial score (nSPS) is 19.4. The standard InChI is InChI=1S/C32H38N2O4/c1-3-37-31(35)33-34(32(36)38-4-2)30-27(21-20-24-14-8-5-9-15-24)22-23-28(30)29(25-16-10-6-11-17-25)26-18-12-7-13-19-26/h6-7,10-13,16-24,27,30H,3-5,8-9,14-15H2,1-2H3,(H,33,35)/b21-20+/t27-,30+/m0/s1. The number of hydrogen-bond acceptors (Lipinski definition) is 4. The first-order valence-electron chi connectivity index (χ1n) is 13.7. The number of amides is 2. The summed E-state index contributed by atoms with van der Waals surface area (Å²) in [5, 5.41) is 1.30. The van der Waals surface area contributed by atoms with Crippen molar-refractivity contribution in [1.29, 1.82) is 0 Å². The maximum absolute atomic E-state index is 13.3. The molecule has 6 nitrogen and oxygen atoms in total. The predicted molar refractivity (Wildman–Crippen MR) is 150 cm³/mol. The minimum absolute atomic E-state index is 0.152. The minimum Gasteiger partial charge on any atom is -0.449 e. The lowest BCUT2D eigenvalue weighted by molar-refractivity contribution is 0.0589. The summed E-state index contributed by atoms with van der Waals surface area (Å²) in [5.41, 5.74) is 6.67. The van der Waals surface area contributed by atoms with E-state index in [9.17, 15) is 9.59 Å². The van der Waals surface area contributed by atoms with E-state index in [1.165, 1.54) is 37.1 Å². The second-order valence-corrected chi connectivity index (χ2v) is 9.63. The highest BCUT2D eigenvalue weighted by Gasteiger charge is 2.38. The molecule has 0 aliphatic heterocycles. The molecule has 6 heteroatoms. The fourth-order valence-electron chi connectivity index (χ4n) is 5.34. The van der Waals surface area contributed by atoms with Gasteiger partial charge in [-0.15, -0.1) is 0 Å². The van der Waals surface area contributed by atoms with Gasteiger partial charge in [0.05, 0.1) is 19.3 Å². The van der Waals surface area contributed by atoms with Gasteiger partial charge >= 0.3 is 12.2 Å². The summed E-state index contributed by atoms with van der Waals surface area (Å²) in [6.45, 7) is 3.86. The van der Waals surface area contributed by atoms with E-state index >= 15 is 0 Å². The van der Waals surface area contributed by atoms with Crippen LogP contribution < -0.4 is 5.43 Å². The largest absolute Gasteiger partial charge is 0.449 e. The Morgan fingerprint density at radius 3 is 2.05 bits per heavy atom. The monoisotopic (exact) mass is 514 g/mol. The highest BCUT2D eigenvalue weighted by atomic mass is 16.6. The Kier molecular flexibility index (Phi) is 9.79. The van der Waals surface area contributed by atoms with Crippen molar-refractivity contribution in [2.75, 3.05) is 13.2 Å². The van der Waals surface area contributed by atoms with Crippen molar-refractivity contribution in [3.05, 3.63) is 102 Å². The van der Waals surface area contributed by atoms with Gasteiger partial charge < -0.3 is 9.47 Å². The summed E-state index contributed by atoms with van der Waals surface area (Å²) in [6.07, 6.45) is 13.5. The van der Waals surface area contributed by atoms with E-state index in [1.54, 1.807) is 13.8 Å². The number of nitrogens with zero attached hydrogens (tertiary/aromatic N) is 1. The van der Waals surface area contributed by atoms with Crippen LogP contribution in [0.1, 0.15) is 57.1 Å². The molecule has 0 aromatic heterocycles. The highest BCUT2D eigenvalue weighted by molar-refractivity contribution is 5.86. The molecule has 2 atom stereocenters. The lowest BCUT2D eigenvalue weighted by Crippen LogP contribution is -2.54. The number of allylic oxidation sites excluding steroid dienone is 1. The van der Waals surface area contributed by atoms with E-state index < -0.39 is 18.2 Å². The lowest BCUT2D eigenvalue weighted by Gasteiger charge is -2.33. The summed E-state index contributed by atoms with van der Waals surface area (Å²) in [7, 11) is 0. The first-order valence-corrected chi connectivity index (χ1v) is 13.7. The average Bonchev–Trinajstić information content (AvgIpc) is 3.35. The van der Waals surface area contributed by atoms with Gasteiger partial charge in [0.15, 0.2) is 0 Å². The minimum atomic E-state index is -0.692. The third-order valence-electron chi connectivity index (χ3n) is 7.08. The van der Waals surface area contributed by atoms with Crippen LogP contribution in [0.4, 0.5) is 9.59 Å². The lowest BCUT2D eigenvalue weighted by atomic mass is 9.86. The molecule has 0 bridgehead atoms. The quantitative estimate of drug-likeness (QED) is 0.311.